The van der Waals surface area contributed by atoms with E-state index >= 15 is 0 Å². The summed E-state index contributed by atoms with van der Waals surface area (Å²) in [7, 11) is 0. The van der Waals surface area contributed by atoms with Crippen LogP contribution in [0, 0.1) is 18.3 Å². The molecule has 1 saturated carbocycles. The van der Waals surface area contributed by atoms with Crippen LogP contribution in [0.25, 0.3) is 22.8 Å². The predicted octanol–water partition coefficient (Wildman–Crippen LogP) is 5.66. The first-order valence-corrected chi connectivity index (χ1v) is 10.9. The quantitative estimate of drug-likeness (QED) is 0.488. The minimum Gasteiger partial charge on any atom is -0.342 e. The van der Waals surface area contributed by atoms with E-state index in [1.807, 2.05) is 0 Å². The zero-order chi connectivity index (χ0) is 20.3. The van der Waals surface area contributed by atoms with Crippen molar-refractivity contribution in [2.45, 2.75) is 39.5 Å². The highest BCUT2D eigenvalue weighted by Gasteiger charge is 2.45. The molecule has 2 atom stereocenters. The number of aromatic nitrogens is 4. The largest absolute Gasteiger partial charge is 0.342 e. The Morgan fingerprint density at radius 1 is 1.13 bits per heavy atom. The lowest BCUT2D eigenvalue weighted by molar-refractivity contribution is 0.266. The number of nitrogens with one attached hydrogen (secondary N) is 1. The van der Waals surface area contributed by atoms with Crippen molar-refractivity contribution < 1.29 is 0 Å². The van der Waals surface area contributed by atoms with Gasteiger partial charge in [0.05, 0.1) is 28.6 Å². The van der Waals surface area contributed by atoms with Crippen molar-refractivity contribution in [3.63, 3.8) is 0 Å². The van der Waals surface area contributed by atoms with Crippen LogP contribution in [-0.4, -0.2) is 19.7 Å². The van der Waals surface area contributed by atoms with Crippen LogP contribution in [-0.2, 0) is 12.8 Å². The van der Waals surface area contributed by atoms with Gasteiger partial charge in [-0.05, 0) is 73.4 Å². The summed E-state index contributed by atoms with van der Waals surface area (Å²) in [6, 6.07) is 16.9. The van der Waals surface area contributed by atoms with Crippen LogP contribution in [0.2, 0.25) is 0 Å². The number of aromatic amines is 1. The summed E-state index contributed by atoms with van der Waals surface area (Å²) < 4.78 is 2.11. The summed E-state index contributed by atoms with van der Waals surface area (Å²) in [6.07, 6.45) is 8.95. The molecule has 4 heteroatoms. The smallest absolute Gasteiger partial charge is 0.107 e. The van der Waals surface area contributed by atoms with Crippen molar-refractivity contribution in [3.8, 4) is 5.69 Å². The second-order valence-electron chi connectivity index (χ2n) is 9.21. The molecule has 4 aromatic rings. The van der Waals surface area contributed by atoms with E-state index in [9.17, 15) is 0 Å². The van der Waals surface area contributed by atoms with Gasteiger partial charge in [-0.1, -0.05) is 42.3 Å². The topological polar surface area (TPSA) is 46.5 Å². The van der Waals surface area contributed by atoms with E-state index in [0.29, 0.717) is 5.92 Å². The van der Waals surface area contributed by atoms with E-state index in [2.05, 4.69) is 84.3 Å². The van der Waals surface area contributed by atoms with Gasteiger partial charge < -0.3 is 4.98 Å². The summed E-state index contributed by atoms with van der Waals surface area (Å²) >= 11 is 0. The lowest BCUT2D eigenvalue weighted by Crippen LogP contribution is -2.30. The number of imidazole rings is 1. The molecule has 0 radical (unpaired) electrons. The standard InChI is InChI=1S/C26H26N4/c1-17-7-11-21(12-8-17)30-24-13-19-9-10-20(26(19,2)15-18(24)16-27-30)14-25-28-22-5-3-4-6-23(22)29-25/h3-8,11-13,16,20H,9-10,14-15H2,1-2H3,(H,28,29)/t20?,26-/m0/s1. The van der Waals surface area contributed by atoms with E-state index < -0.39 is 0 Å². The highest BCUT2D eigenvalue weighted by atomic mass is 15.3. The first-order chi connectivity index (χ1) is 14.6. The molecular weight excluding hydrogens is 368 g/mol. The normalized spacial score (nSPS) is 22.7. The molecule has 4 nitrogen and oxygen atoms in total. The predicted molar refractivity (Wildman–Crippen MR) is 121 cm³/mol. The molecule has 0 saturated heterocycles. The van der Waals surface area contributed by atoms with Crippen LogP contribution < -0.4 is 0 Å². The second-order valence-corrected chi connectivity index (χ2v) is 9.21. The lowest BCUT2D eigenvalue weighted by atomic mass is 9.69. The number of para-hydroxylation sites is 2. The van der Waals surface area contributed by atoms with Crippen LogP contribution in [0.15, 0.2) is 60.3 Å². The maximum Gasteiger partial charge on any atom is 0.107 e. The van der Waals surface area contributed by atoms with Crippen molar-refractivity contribution in [1.29, 1.82) is 0 Å². The molecule has 2 aliphatic carbocycles. The summed E-state index contributed by atoms with van der Waals surface area (Å²) in [5.74, 6) is 1.71. The third-order valence-corrected chi connectivity index (χ3v) is 7.31. The number of benzene rings is 2. The lowest BCUT2D eigenvalue weighted by Gasteiger charge is -2.35. The first-order valence-electron chi connectivity index (χ1n) is 10.9. The molecule has 30 heavy (non-hydrogen) atoms. The van der Waals surface area contributed by atoms with Crippen LogP contribution >= 0.6 is 0 Å². The fourth-order valence-electron chi connectivity index (χ4n) is 5.49. The molecule has 1 unspecified atom stereocenters. The van der Waals surface area contributed by atoms with Gasteiger partial charge in [-0.3, -0.25) is 0 Å². The highest BCUT2D eigenvalue weighted by Crippen LogP contribution is 2.54. The molecule has 150 valence electrons. The average Bonchev–Trinajstić information content (AvgIpc) is 3.42. The van der Waals surface area contributed by atoms with E-state index in [1.54, 1.807) is 5.57 Å². The average molecular weight is 395 g/mol. The van der Waals surface area contributed by atoms with Gasteiger partial charge in [-0.2, -0.15) is 5.10 Å². The fourth-order valence-corrected chi connectivity index (χ4v) is 5.49. The molecule has 2 heterocycles. The Hall–Kier alpha value is -3.14. The molecule has 6 rings (SSSR count). The highest BCUT2D eigenvalue weighted by molar-refractivity contribution is 5.74. The number of allylic oxidation sites excluding steroid dienone is 1. The van der Waals surface area contributed by atoms with Crippen molar-refractivity contribution in [3.05, 3.63) is 82.9 Å². The minimum absolute atomic E-state index is 0.188. The molecule has 0 amide bonds. The zero-order valence-corrected chi connectivity index (χ0v) is 17.5. The Labute approximate surface area is 176 Å². The summed E-state index contributed by atoms with van der Waals surface area (Å²) in [5.41, 5.74) is 8.99. The SMILES string of the molecule is Cc1ccc(-n2ncc3c2C=C2CCC(Cc4nc5ccccc5[nH]4)[C@@]2(C)C3)cc1. The second kappa shape index (κ2) is 6.43. The number of aryl methyl sites for hydroxylation is 1. The molecule has 2 aromatic heterocycles. The van der Waals surface area contributed by atoms with Gasteiger partial charge in [0.1, 0.15) is 5.82 Å². The van der Waals surface area contributed by atoms with Gasteiger partial charge in [-0.15, -0.1) is 0 Å². The maximum atomic E-state index is 4.85. The number of H-pyrrole nitrogens is 1. The van der Waals surface area contributed by atoms with Crippen LogP contribution in [0.4, 0.5) is 0 Å². The number of hydrogen-bond donors (Lipinski definition) is 1. The molecule has 2 aromatic carbocycles. The first kappa shape index (κ1) is 17.7. The van der Waals surface area contributed by atoms with Crippen molar-refractivity contribution in [2.24, 2.45) is 11.3 Å². The number of rotatable bonds is 3. The van der Waals surface area contributed by atoms with Crippen LogP contribution in [0.3, 0.4) is 0 Å². The van der Waals surface area contributed by atoms with Gasteiger partial charge in [0, 0.05) is 6.42 Å². The third kappa shape index (κ3) is 2.67. The number of fused-ring (bicyclic) bond motifs is 3. The van der Waals surface area contributed by atoms with Crippen LogP contribution in [0.5, 0.6) is 0 Å². The van der Waals surface area contributed by atoms with Crippen molar-refractivity contribution >= 4 is 17.1 Å². The molecule has 0 bridgehead atoms. The Kier molecular flexibility index (Phi) is 3.79. The summed E-state index contributed by atoms with van der Waals surface area (Å²) in [6.45, 7) is 4.57. The van der Waals surface area contributed by atoms with Gasteiger partial charge in [0.25, 0.3) is 0 Å². The molecule has 0 spiro atoms. The number of hydrogen-bond acceptors (Lipinski definition) is 2. The summed E-state index contributed by atoms with van der Waals surface area (Å²) in [4.78, 5) is 8.39. The van der Waals surface area contributed by atoms with Crippen molar-refractivity contribution in [1.82, 2.24) is 19.7 Å². The molecule has 1 fully saturated rings. The summed E-state index contributed by atoms with van der Waals surface area (Å²) in [5, 5.41) is 4.75. The van der Waals surface area contributed by atoms with Crippen molar-refractivity contribution in [2.75, 3.05) is 0 Å². The van der Waals surface area contributed by atoms with E-state index in [4.69, 9.17) is 10.1 Å². The van der Waals surface area contributed by atoms with Crippen LogP contribution in [0.1, 0.15) is 42.4 Å². The van der Waals surface area contributed by atoms with Gasteiger partial charge in [0.15, 0.2) is 0 Å². The third-order valence-electron chi connectivity index (χ3n) is 7.31. The maximum absolute atomic E-state index is 4.85. The monoisotopic (exact) mass is 394 g/mol. The van der Waals surface area contributed by atoms with E-state index in [0.717, 1.165) is 35.4 Å². The Morgan fingerprint density at radius 3 is 2.80 bits per heavy atom. The number of nitrogens with zero attached hydrogens (tertiary/aromatic N) is 3. The van der Waals surface area contributed by atoms with Gasteiger partial charge in [-0.25, -0.2) is 9.67 Å². The Bertz CT molecular complexity index is 1240. The van der Waals surface area contributed by atoms with Gasteiger partial charge >= 0.3 is 0 Å². The van der Waals surface area contributed by atoms with Gasteiger partial charge in [0.2, 0.25) is 0 Å². The molecular formula is C26H26N4. The van der Waals surface area contributed by atoms with E-state index in [-0.39, 0.29) is 5.41 Å². The van der Waals surface area contributed by atoms with E-state index in [1.165, 1.54) is 29.7 Å². The molecule has 2 aliphatic rings. The molecule has 1 N–H and O–H groups in total. The molecule has 0 aliphatic heterocycles. The Balaban J connectivity index is 1.32. The Morgan fingerprint density at radius 2 is 1.97 bits per heavy atom. The fraction of sp³-hybridized carbons (Fsp3) is 0.308. The minimum atomic E-state index is 0.188. The zero-order valence-electron chi connectivity index (χ0n) is 17.5.